The molecule has 0 aromatic rings. The van der Waals surface area contributed by atoms with Gasteiger partial charge in [-0.15, -0.1) is 0 Å². The van der Waals surface area contributed by atoms with E-state index in [0.717, 1.165) is 0 Å². The van der Waals surface area contributed by atoms with Crippen LogP contribution in [0.25, 0.3) is 0 Å². The second kappa shape index (κ2) is 5.09. The predicted octanol–water partition coefficient (Wildman–Crippen LogP) is -5.40. The van der Waals surface area contributed by atoms with Crippen LogP contribution in [0, 0.1) is 0 Å². The van der Waals surface area contributed by atoms with E-state index in [1.807, 2.05) is 5.32 Å². The molecule has 7 heteroatoms. The number of amides is 1. The highest BCUT2D eigenvalue weighted by molar-refractivity contribution is 5.85. The molecular formula is C6H9N2O5-. The van der Waals surface area contributed by atoms with Crippen LogP contribution in [-0.4, -0.2) is 30.4 Å². The summed E-state index contributed by atoms with van der Waals surface area (Å²) < 4.78 is 0. The van der Waals surface area contributed by atoms with Crippen LogP contribution in [0.5, 0.6) is 0 Å². The summed E-state index contributed by atoms with van der Waals surface area (Å²) in [6, 6.07) is -1.56. The van der Waals surface area contributed by atoms with Crippen molar-refractivity contribution in [2.45, 2.75) is 12.5 Å². The van der Waals surface area contributed by atoms with Crippen LogP contribution in [0.2, 0.25) is 0 Å². The fourth-order valence-electron chi connectivity index (χ4n) is 0.626. The standard InChI is InChI=1S/C6H10N2O5/c7-2-4(9)8-3(6(12)13)1-5(10)11/h3H,1-2,7H2,(H,8,9)(H,10,11)(H,12,13)/p-1. The van der Waals surface area contributed by atoms with Crippen LogP contribution in [0.4, 0.5) is 0 Å². The van der Waals surface area contributed by atoms with E-state index in [1.165, 1.54) is 0 Å². The zero-order valence-corrected chi connectivity index (χ0v) is 6.74. The van der Waals surface area contributed by atoms with Gasteiger partial charge in [0.1, 0.15) is 0 Å². The molecule has 0 aliphatic rings. The Bertz CT molecular complexity index is 227. The number of hydrogen-bond donors (Lipinski definition) is 2. The average molecular weight is 189 g/mol. The lowest BCUT2D eigenvalue weighted by Gasteiger charge is -2.18. The molecule has 0 aromatic carbocycles. The maximum Gasteiger partial charge on any atom is 0.275 e. The number of rotatable bonds is 5. The summed E-state index contributed by atoms with van der Waals surface area (Å²) in [5.41, 5.74) is 3.19. The first kappa shape index (κ1) is 11.4. The second-order valence-electron chi connectivity index (χ2n) is 2.27. The Hall–Kier alpha value is -1.63. The van der Waals surface area contributed by atoms with E-state index >= 15 is 0 Å². The van der Waals surface area contributed by atoms with E-state index in [9.17, 15) is 24.6 Å². The lowest BCUT2D eigenvalue weighted by molar-refractivity contribution is -0.355. The number of aliphatic carboxylic acids is 2. The molecule has 1 amide bonds. The Morgan fingerprint density at radius 3 is 2.15 bits per heavy atom. The average Bonchev–Trinajstić information content (AvgIpc) is 2.02. The summed E-state index contributed by atoms with van der Waals surface area (Å²) in [4.78, 5) is 30.9. The maximum absolute atomic E-state index is 10.6. The molecule has 0 heterocycles. The van der Waals surface area contributed by atoms with Crippen molar-refractivity contribution in [2.24, 2.45) is 0 Å². The Morgan fingerprint density at radius 1 is 1.31 bits per heavy atom. The van der Waals surface area contributed by atoms with Gasteiger partial charge in [-0.2, -0.15) is 0 Å². The first-order valence-electron chi connectivity index (χ1n) is 3.46. The minimum atomic E-state index is -1.66. The number of quaternary nitrogens is 1. The monoisotopic (exact) mass is 189 g/mol. The van der Waals surface area contributed by atoms with Crippen molar-refractivity contribution in [2.75, 3.05) is 6.54 Å². The molecule has 0 radical (unpaired) electrons. The van der Waals surface area contributed by atoms with Gasteiger partial charge in [0.25, 0.3) is 5.91 Å². The highest BCUT2D eigenvalue weighted by Gasteiger charge is 2.13. The van der Waals surface area contributed by atoms with E-state index < -0.39 is 30.3 Å². The molecule has 0 bridgehead atoms. The molecular weight excluding hydrogens is 180 g/mol. The number of carbonyl (C=O) groups is 3. The smallest absolute Gasteiger partial charge is 0.275 e. The quantitative estimate of drug-likeness (QED) is 0.444. The van der Waals surface area contributed by atoms with Crippen LogP contribution in [0.1, 0.15) is 6.42 Å². The van der Waals surface area contributed by atoms with E-state index in [0.29, 0.717) is 0 Å². The van der Waals surface area contributed by atoms with Crippen molar-refractivity contribution in [3.05, 3.63) is 0 Å². The Balaban J connectivity index is 4.18. The molecule has 4 N–H and O–H groups in total. The third kappa shape index (κ3) is 4.75. The number of nitrogens with one attached hydrogen (secondary N) is 1. The maximum atomic E-state index is 10.6. The van der Waals surface area contributed by atoms with Gasteiger partial charge in [0.05, 0.1) is 12.0 Å². The van der Waals surface area contributed by atoms with E-state index in [4.69, 9.17) is 0 Å². The lowest BCUT2D eigenvalue weighted by atomic mass is 10.2. The summed E-state index contributed by atoms with van der Waals surface area (Å²) in [6.45, 7) is -0.170. The topological polar surface area (TPSA) is 137 Å². The number of carbonyl (C=O) groups excluding carboxylic acids is 3. The SMILES string of the molecule is [NH3+]CC(=O)NC(CC(=O)[O-])C(=O)[O-]. The molecule has 1 atom stereocenters. The second-order valence-corrected chi connectivity index (χ2v) is 2.27. The van der Waals surface area contributed by atoms with Crippen LogP contribution in [0.3, 0.4) is 0 Å². The van der Waals surface area contributed by atoms with Crippen LogP contribution in [-0.2, 0) is 14.4 Å². The minimum absolute atomic E-state index is 0.170. The Kier molecular flexibility index (Phi) is 4.45. The molecule has 0 spiro atoms. The molecule has 0 rings (SSSR count). The zero-order chi connectivity index (χ0) is 10.4. The normalized spacial score (nSPS) is 11.8. The van der Waals surface area contributed by atoms with Gasteiger partial charge < -0.3 is 30.9 Å². The number of carboxylic acid groups (broad SMARTS) is 2. The van der Waals surface area contributed by atoms with Crippen LogP contribution in [0.15, 0.2) is 0 Å². The third-order valence-electron chi connectivity index (χ3n) is 1.22. The van der Waals surface area contributed by atoms with Gasteiger partial charge in [0, 0.05) is 12.4 Å². The van der Waals surface area contributed by atoms with Crippen molar-refractivity contribution in [1.82, 2.24) is 5.32 Å². The molecule has 0 aliphatic heterocycles. The van der Waals surface area contributed by atoms with Crippen molar-refractivity contribution >= 4 is 17.8 Å². The molecule has 0 aromatic heterocycles. The van der Waals surface area contributed by atoms with Crippen molar-refractivity contribution in [3.63, 3.8) is 0 Å². The highest BCUT2D eigenvalue weighted by Crippen LogP contribution is 1.88. The summed E-state index contributed by atoms with van der Waals surface area (Å²) >= 11 is 0. The lowest BCUT2D eigenvalue weighted by Crippen LogP contribution is -2.60. The fourth-order valence-corrected chi connectivity index (χ4v) is 0.626. The van der Waals surface area contributed by atoms with Gasteiger partial charge in [-0.05, 0) is 0 Å². The van der Waals surface area contributed by atoms with Gasteiger partial charge in [0.2, 0.25) is 0 Å². The summed E-state index contributed by atoms with van der Waals surface area (Å²) in [7, 11) is 0. The third-order valence-corrected chi connectivity index (χ3v) is 1.22. The fraction of sp³-hybridized carbons (Fsp3) is 0.500. The Morgan fingerprint density at radius 2 is 1.85 bits per heavy atom. The molecule has 0 aliphatic carbocycles. The first-order chi connectivity index (χ1) is 5.97. The van der Waals surface area contributed by atoms with Crippen molar-refractivity contribution in [3.8, 4) is 0 Å². The summed E-state index contributed by atoms with van der Waals surface area (Å²) in [5, 5.41) is 22.2. The predicted molar refractivity (Wildman–Crippen MR) is 34.3 cm³/mol. The van der Waals surface area contributed by atoms with Crippen LogP contribution >= 0.6 is 0 Å². The molecule has 0 saturated carbocycles. The molecule has 0 saturated heterocycles. The molecule has 74 valence electrons. The van der Waals surface area contributed by atoms with Crippen molar-refractivity contribution < 1.29 is 30.3 Å². The molecule has 7 nitrogen and oxygen atoms in total. The largest absolute Gasteiger partial charge is 0.550 e. The molecule has 0 fully saturated rings. The van der Waals surface area contributed by atoms with E-state index in [1.54, 1.807) is 0 Å². The summed E-state index contributed by atoms with van der Waals surface area (Å²) in [5.74, 6) is -3.89. The Labute approximate surface area is 73.5 Å². The van der Waals surface area contributed by atoms with E-state index in [2.05, 4.69) is 5.73 Å². The molecule has 13 heavy (non-hydrogen) atoms. The van der Waals surface area contributed by atoms with Gasteiger partial charge in [-0.25, -0.2) is 0 Å². The van der Waals surface area contributed by atoms with Crippen molar-refractivity contribution in [1.29, 1.82) is 0 Å². The van der Waals surface area contributed by atoms with Gasteiger partial charge in [0.15, 0.2) is 6.54 Å². The first-order valence-corrected chi connectivity index (χ1v) is 3.46. The summed E-state index contributed by atoms with van der Waals surface area (Å²) in [6.07, 6.45) is -0.811. The molecule has 1 unspecified atom stereocenters. The number of carboxylic acids is 2. The van der Waals surface area contributed by atoms with E-state index in [-0.39, 0.29) is 6.54 Å². The number of hydrogen-bond acceptors (Lipinski definition) is 5. The highest BCUT2D eigenvalue weighted by atomic mass is 16.4. The zero-order valence-electron chi connectivity index (χ0n) is 6.74. The van der Waals surface area contributed by atoms with Gasteiger partial charge in [-0.1, -0.05) is 0 Å². The van der Waals surface area contributed by atoms with Crippen LogP contribution < -0.4 is 21.3 Å². The van der Waals surface area contributed by atoms with Gasteiger partial charge >= 0.3 is 0 Å². The van der Waals surface area contributed by atoms with Gasteiger partial charge in [-0.3, -0.25) is 4.79 Å². The minimum Gasteiger partial charge on any atom is -0.550 e.